The number of rotatable bonds is 10. The maximum Gasteiger partial charge on any atom is 0.252 e. The van der Waals surface area contributed by atoms with Gasteiger partial charge in [-0.15, -0.1) is 11.3 Å². The molecule has 0 bridgehead atoms. The third kappa shape index (κ3) is 6.80. The summed E-state index contributed by atoms with van der Waals surface area (Å²) < 4.78 is 39.9. The zero-order chi connectivity index (χ0) is 21.3. The lowest BCUT2D eigenvalue weighted by atomic mass is 10.1. The van der Waals surface area contributed by atoms with Gasteiger partial charge in [-0.1, -0.05) is 26.0 Å². The zero-order valence-corrected chi connectivity index (χ0v) is 18.7. The number of guanidine groups is 1. The average molecular weight is 441 g/mol. The van der Waals surface area contributed by atoms with Crippen LogP contribution in [0.1, 0.15) is 24.3 Å². The number of hydrogen-bond acceptors (Lipinski definition) is 4. The van der Waals surface area contributed by atoms with Crippen molar-refractivity contribution in [3.8, 4) is 0 Å². The van der Waals surface area contributed by atoms with Gasteiger partial charge in [-0.25, -0.2) is 12.8 Å². The molecule has 0 saturated carbocycles. The molecular weight excluding hydrogens is 411 g/mol. The Morgan fingerprint density at radius 3 is 2.24 bits per heavy atom. The summed E-state index contributed by atoms with van der Waals surface area (Å²) in [6.45, 7) is 5.93. The first-order chi connectivity index (χ1) is 13.9. The normalized spacial score (nSPS) is 12.4. The van der Waals surface area contributed by atoms with E-state index in [1.54, 1.807) is 25.2 Å². The Bertz CT molecular complexity index is 891. The highest BCUT2D eigenvalue weighted by atomic mass is 32.2. The van der Waals surface area contributed by atoms with E-state index in [1.807, 2.05) is 19.9 Å². The van der Waals surface area contributed by atoms with Gasteiger partial charge in [0.15, 0.2) is 5.96 Å². The van der Waals surface area contributed by atoms with Gasteiger partial charge in [0.2, 0.25) is 0 Å². The van der Waals surface area contributed by atoms with Crippen LogP contribution in [0.3, 0.4) is 0 Å². The van der Waals surface area contributed by atoms with Crippen LogP contribution in [0.15, 0.2) is 45.6 Å². The fourth-order valence-corrected chi connectivity index (χ4v) is 5.79. The summed E-state index contributed by atoms with van der Waals surface area (Å²) in [6, 6.07) is 10.0. The Morgan fingerprint density at radius 2 is 1.66 bits per heavy atom. The largest absolute Gasteiger partial charge is 0.356 e. The Kier molecular flexibility index (Phi) is 9.06. The summed E-state index contributed by atoms with van der Waals surface area (Å²) >= 11 is 1.31. The molecule has 0 amide bonds. The van der Waals surface area contributed by atoms with Gasteiger partial charge in [0.1, 0.15) is 10.0 Å². The van der Waals surface area contributed by atoms with E-state index in [0.717, 1.165) is 16.9 Å². The van der Waals surface area contributed by atoms with Crippen molar-refractivity contribution in [1.29, 1.82) is 0 Å². The van der Waals surface area contributed by atoms with Crippen molar-refractivity contribution >= 4 is 27.3 Å². The summed E-state index contributed by atoms with van der Waals surface area (Å²) in [5, 5.41) is 6.46. The Morgan fingerprint density at radius 1 is 1.03 bits per heavy atom. The molecule has 2 N–H and O–H groups in total. The first kappa shape index (κ1) is 23.3. The second kappa shape index (κ2) is 11.3. The molecule has 2 rings (SSSR count). The lowest BCUT2D eigenvalue weighted by Gasteiger charge is -2.16. The lowest BCUT2D eigenvalue weighted by Crippen LogP contribution is -2.39. The van der Waals surface area contributed by atoms with Crippen LogP contribution in [-0.2, 0) is 22.9 Å². The highest BCUT2D eigenvalue weighted by molar-refractivity contribution is 7.91. The molecule has 0 unspecified atom stereocenters. The monoisotopic (exact) mass is 440 g/mol. The van der Waals surface area contributed by atoms with E-state index in [4.69, 9.17) is 0 Å². The quantitative estimate of drug-likeness (QED) is 0.440. The highest BCUT2D eigenvalue weighted by Crippen LogP contribution is 2.25. The first-order valence-corrected chi connectivity index (χ1v) is 11.9. The molecule has 0 atom stereocenters. The van der Waals surface area contributed by atoms with E-state index < -0.39 is 10.0 Å². The predicted molar refractivity (Wildman–Crippen MR) is 118 cm³/mol. The smallest absolute Gasteiger partial charge is 0.252 e. The predicted octanol–water partition coefficient (Wildman–Crippen LogP) is 2.87. The summed E-state index contributed by atoms with van der Waals surface area (Å²) in [5.74, 6) is 0.445. The molecular formula is C20H29FN4O2S2. The summed E-state index contributed by atoms with van der Waals surface area (Å²) in [5.41, 5.74) is 1.05. The first-order valence-electron chi connectivity index (χ1n) is 9.68. The zero-order valence-electron chi connectivity index (χ0n) is 17.1. The summed E-state index contributed by atoms with van der Waals surface area (Å²) in [4.78, 5) is 5.19. The van der Waals surface area contributed by atoms with E-state index in [9.17, 15) is 12.8 Å². The van der Waals surface area contributed by atoms with Gasteiger partial charge in [-0.05, 0) is 42.7 Å². The number of benzene rings is 1. The molecule has 1 heterocycles. The minimum atomic E-state index is -3.40. The van der Waals surface area contributed by atoms with Crippen molar-refractivity contribution in [2.24, 2.45) is 4.99 Å². The minimum Gasteiger partial charge on any atom is -0.356 e. The van der Waals surface area contributed by atoms with E-state index in [2.05, 4.69) is 15.6 Å². The molecule has 0 radical (unpaired) electrons. The molecule has 1 aromatic carbocycles. The fourth-order valence-electron chi connectivity index (χ4n) is 2.82. The maximum atomic E-state index is 12.9. The number of thiophene rings is 1. The fraction of sp³-hybridized carbons (Fsp3) is 0.450. The van der Waals surface area contributed by atoms with Crippen LogP contribution < -0.4 is 10.6 Å². The summed E-state index contributed by atoms with van der Waals surface area (Å²) in [6.07, 6.45) is 1.47. The van der Waals surface area contributed by atoms with Crippen molar-refractivity contribution in [1.82, 2.24) is 14.9 Å². The molecule has 0 aliphatic rings. The molecule has 2 aromatic rings. The van der Waals surface area contributed by atoms with Crippen molar-refractivity contribution in [3.05, 3.63) is 52.7 Å². The molecule has 160 valence electrons. The van der Waals surface area contributed by atoms with E-state index in [1.165, 1.54) is 27.8 Å². The van der Waals surface area contributed by atoms with Crippen LogP contribution in [0, 0.1) is 5.82 Å². The number of sulfonamides is 1. The van der Waals surface area contributed by atoms with Gasteiger partial charge >= 0.3 is 0 Å². The van der Waals surface area contributed by atoms with Gasteiger partial charge in [-0.2, -0.15) is 4.31 Å². The van der Waals surface area contributed by atoms with Crippen LogP contribution in [0.25, 0.3) is 0 Å². The lowest BCUT2D eigenvalue weighted by molar-refractivity contribution is 0.447. The topological polar surface area (TPSA) is 73.8 Å². The third-order valence-electron chi connectivity index (χ3n) is 4.44. The van der Waals surface area contributed by atoms with Crippen LogP contribution in [0.5, 0.6) is 0 Å². The van der Waals surface area contributed by atoms with Gasteiger partial charge in [0, 0.05) is 38.1 Å². The number of hydrogen-bond donors (Lipinski definition) is 2. The van der Waals surface area contributed by atoms with Gasteiger partial charge in [-0.3, -0.25) is 4.99 Å². The van der Waals surface area contributed by atoms with E-state index in [-0.39, 0.29) is 5.82 Å². The molecule has 0 spiro atoms. The number of nitrogens with zero attached hydrogens (tertiary/aromatic N) is 2. The standard InChI is InChI=1S/C20H29FN4O2S2/c1-4-25(5-2)29(26,27)19-11-10-18(28-19)13-15-24-20(22-3)23-14-12-16-6-8-17(21)9-7-16/h6-11H,4-5,12-15H2,1-3H3,(H2,22,23,24). The molecule has 0 aliphatic heterocycles. The van der Waals surface area contributed by atoms with E-state index in [0.29, 0.717) is 42.8 Å². The Labute approximate surface area is 176 Å². The molecule has 29 heavy (non-hydrogen) atoms. The van der Waals surface area contributed by atoms with Crippen LogP contribution in [0.4, 0.5) is 4.39 Å². The van der Waals surface area contributed by atoms with Gasteiger partial charge in [0.05, 0.1) is 0 Å². The third-order valence-corrected chi connectivity index (χ3v) is 8.11. The van der Waals surface area contributed by atoms with Crippen LogP contribution in [-0.4, -0.2) is 51.9 Å². The maximum absolute atomic E-state index is 12.9. The molecule has 9 heteroatoms. The van der Waals surface area contributed by atoms with E-state index >= 15 is 0 Å². The van der Waals surface area contributed by atoms with Crippen LogP contribution in [0.2, 0.25) is 0 Å². The molecule has 6 nitrogen and oxygen atoms in total. The highest BCUT2D eigenvalue weighted by Gasteiger charge is 2.23. The average Bonchev–Trinajstić information content (AvgIpc) is 3.19. The number of halogens is 1. The van der Waals surface area contributed by atoms with Crippen molar-refractivity contribution in [2.45, 2.75) is 30.9 Å². The second-order valence-electron chi connectivity index (χ2n) is 6.36. The molecule has 0 saturated heterocycles. The van der Waals surface area contributed by atoms with Gasteiger partial charge in [0.25, 0.3) is 10.0 Å². The summed E-state index contributed by atoms with van der Waals surface area (Å²) in [7, 11) is -1.69. The second-order valence-corrected chi connectivity index (χ2v) is 9.70. The Hall–Kier alpha value is -1.97. The molecule has 0 aliphatic carbocycles. The van der Waals surface area contributed by atoms with Crippen LogP contribution >= 0.6 is 11.3 Å². The minimum absolute atomic E-state index is 0.235. The van der Waals surface area contributed by atoms with Crippen molar-refractivity contribution in [3.63, 3.8) is 0 Å². The molecule has 1 aromatic heterocycles. The SMILES string of the molecule is CCN(CC)S(=O)(=O)c1ccc(CCNC(=NC)NCCc2ccc(F)cc2)s1. The number of nitrogens with one attached hydrogen (secondary N) is 2. The van der Waals surface area contributed by atoms with Crippen molar-refractivity contribution < 1.29 is 12.8 Å². The number of aliphatic imine (C=N–C) groups is 1. The van der Waals surface area contributed by atoms with Gasteiger partial charge < -0.3 is 10.6 Å². The molecule has 0 fully saturated rings. The van der Waals surface area contributed by atoms with Crippen molar-refractivity contribution in [2.75, 3.05) is 33.2 Å². The Balaban J connectivity index is 1.79.